The van der Waals surface area contributed by atoms with Crippen LogP contribution in [0, 0.1) is 0 Å². The van der Waals surface area contributed by atoms with Crippen molar-refractivity contribution in [3.63, 3.8) is 0 Å². The lowest BCUT2D eigenvalue weighted by Gasteiger charge is -2.15. The van der Waals surface area contributed by atoms with Crippen LogP contribution in [0.1, 0.15) is 47.2 Å². The summed E-state index contributed by atoms with van der Waals surface area (Å²) in [5.74, 6) is -0.205. The molecule has 1 N–H and O–H groups in total. The molecule has 1 aliphatic rings. The van der Waals surface area contributed by atoms with Gasteiger partial charge >= 0.3 is 5.97 Å². The Morgan fingerprint density at radius 3 is 2.55 bits per heavy atom. The van der Waals surface area contributed by atoms with Gasteiger partial charge in [0.2, 0.25) is 0 Å². The Labute approximate surface area is 117 Å². The molecule has 1 aromatic heterocycles. The first kappa shape index (κ1) is 12.8. The zero-order valence-corrected chi connectivity index (χ0v) is 11.3. The van der Waals surface area contributed by atoms with Gasteiger partial charge in [0.15, 0.2) is 0 Å². The fourth-order valence-corrected chi connectivity index (χ4v) is 2.62. The normalized spacial score (nSPS) is 15.8. The molecule has 0 saturated heterocycles. The molecule has 0 radical (unpaired) electrons. The second-order valence-corrected chi connectivity index (χ2v) is 5.16. The van der Waals surface area contributed by atoms with E-state index in [1.165, 1.54) is 11.8 Å². The summed E-state index contributed by atoms with van der Waals surface area (Å²) in [6, 6.07) is 10.2. The smallest absolute Gasteiger partial charge is 0.339 e. The van der Waals surface area contributed by atoms with E-state index in [0.717, 1.165) is 18.7 Å². The molecule has 0 amide bonds. The van der Waals surface area contributed by atoms with Crippen LogP contribution in [0.3, 0.4) is 0 Å². The van der Waals surface area contributed by atoms with Gasteiger partial charge in [0.25, 0.3) is 0 Å². The van der Waals surface area contributed by atoms with Crippen molar-refractivity contribution >= 4 is 5.97 Å². The fraction of sp³-hybridized carbons (Fsp3) is 0.312. The van der Waals surface area contributed by atoms with Crippen molar-refractivity contribution in [2.45, 2.75) is 31.6 Å². The SMILES string of the molecule is CCc1nc(C2(c3ccccc3)CC2)ncc1C(=O)O. The van der Waals surface area contributed by atoms with Crippen molar-refractivity contribution in [1.29, 1.82) is 0 Å². The van der Waals surface area contributed by atoms with Crippen molar-refractivity contribution < 1.29 is 9.90 Å². The Balaban J connectivity index is 2.05. The van der Waals surface area contributed by atoms with Gasteiger partial charge in [0.1, 0.15) is 5.82 Å². The highest BCUT2D eigenvalue weighted by Gasteiger charge is 2.48. The molecule has 2 aromatic rings. The Kier molecular flexibility index (Phi) is 3.01. The maximum atomic E-state index is 11.1. The van der Waals surface area contributed by atoms with Crippen LogP contribution in [0.2, 0.25) is 0 Å². The van der Waals surface area contributed by atoms with E-state index in [4.69, 9.17) is 5.11 Å². The van der Waals surface area contributed by atoms with Gasteiger partial charge in [0, 0.05) is 6.20 Å². The number of aryl methyl sites for hydroxylation is 1. The van der Waals surface area contributed by atoms with Crippen molar-refractivity contribution in [3.8, 4) is 0 Å². The monoisotopic (exact) mass is 268 g/mol. The maximum absolute atomic E-state index is 11.1. The predicted octanol–water partition coefficient (Wildman–Crippen LogP) is 2.82. The first-order chi connectivity index (χ1) is 9.67. The van der Waals surface area contributed by atoms with Gasteiger partial charge in [-0.25, -0.2) is 14.8 Å². The second-order valence-electron chi connectivity index (χ2n) is 5.16. The summed E-state index contributed by atoms with van der Waals surface area (Å²) in [6.45, 7) is 1.92. The number of carboxylic acid groups (broad SMARTS) is 1. The van der Waals surface area contributed by atoms with Crippen LogP contribution < -0.4 is 0 Å². The number of nitrogens with zero attached hydrogens (tertiary/aromatic N) is 2. The second kappa shape index (κ2) is 4.71. The lowest BCUT2D eigenvalue weighted by atomic mass is 9.95. The van der Waals surface area contributed by atoms with Gasteiger partial charge in [0.05, 0.1) is 16.7 Å². The minimum atomic E-state index is -0.960. The zero-order valence-electron chi connectivity index (χ0n) is 11.3. The van der Waals surface area contributed by atoms with Gasteiger partial charge in [-0.2, -0.15) is 0 Å². The number of carboxylic acids is 1. The van der Waals surface area contributed by atoms with Crippen LogP contribution in [0.4, 0.5) is 0 Å². The van der Waals surface area contributed by atoms with Crippen LogP contribution in [0.15, 0.2) is 36.5 Å². The molecule has 20 heavy (non-hydrogen) atoms. The molecule has 0 atom stereocenters. The molecule has 1 aromatic carbocycles. The minimum absolute atomic E-state index is 0.109. The lowest BCUT2D eigenvalue weighted by molar-refractivity contribution is 0.0694. The largest absolute Gasteiger partial charge is 0.478 e. The highest BCUT2D eigenvalue weighted by Crippen LogP contribution is 2.52. The van der Waals surface area contributed by atoms with E-state index < -0.39 is 5.97 Å². The molecule has 1 heterocycles. The van der Waals surface area contributed by atoms with E-state index in [1.54, 1.807) is 0 Å². The Hall–Kier alpha value is -2.23. The molecule has 1 fully saturated rings. The fourth-order valence-electron chi connectivity index (χ4n) is 2.62. The number of benzene rings is 1. The Bertz CT molecular complexity index is 649. The molecule has 0 aliphatic heterocycles. The average Bonchev–Trinajstić information content (AvgIpc) is 3.29. The first-order valence-electron chi connectivity index (χ1n) is 6.82. The topological polar surface area (TPSA) is 63.1 Å². The summed E-state index contributed by atoms with van der Waals surface area (Å²) in [7, 11) is 0. The molecule has 3 rings (SSSR count). The van der Waals surface area contributed by atoms with E-state index in [0.29, 0.717) is 12.1 Å². The summed E-state index contributed by atoms with van der Waals surface area (Å²) in [6.07, 6.45) is 4.09. The summed E-state index contributed by atoms with van der Waals surface area (Å²) in [5.41, 5.74) is 1.93. The molecule has 0 unspecified atom stereocenters. The highest BCUT2D eigenvalue weighted by molar-refractivity contribution is 5.88. The number of aromatic nitrogens is 2. The maximum Gasteiger partial charge on any atom is 0.339 e. The number of carbonyl (C=O) groups is 1. The molecular weight excluding hydrogens is 252 g/mol. The van der Waals surface area contributed by atoms with Crippen LogP contribution in [0.25, 0.3) is 0 Å². The predicted molar refractivity (Wildman–Crippen MR) is 74.8 cm³/mol. The van der Waals surface area contributed by atoms with Gasteiger partial charge in [-0.3, -0.25) is 0 Å². The Morgan fingerprint density at radius 1 is 1.30 bits per heavy atom. The highest BCUT2D eigenvalue weighted by atomic mass is 16.4. The standard InChI is InChI=1S/C16H16N2O2/c1-2-13-12(14(19)20)10-17-15(18-13)16(8-9-16)11-6-4-3-5-7-11/h3-7,10H,2,8-9H2,1H3,(H,19,20). The zero-order chi connectivity index (χ0) is 14.2. The molecule has 0 bridgehead atoms. The Morgan fingerprint density at radius 2 is 2.00 bits per heavy atom. The third kappa shape index (κ3) is 1.97. The van der Waals surface area contributed by atoms with E-state index in [1.807, 2.05) is 25.1 Å². The third-order valence-electron chi connectivity index (χ3n) is 3.94. The van der Waals surface area contributed by atoms with Gasteiger partial charge in [-0.1, -0.05) is 37.3 Å². The summed E-state index contributed by atoms with van der Waals surface area (Å²) >= 11 is 0. The van der Waals surface area contributed by atoms with E-state index >= 15 is 0 Å². The van der Waals surface area contributed by atoms with Crippen LogP contribution in [-0.2, 0) is 11.8 Å². The molecular formula is C16H16N2O2. The van der Waals surface area contributed by atoms with Crippen molar-refractivity contribution in [1.82, 2.24) is 9.97 Å². The van der Waals surface area contributed by atoms with Gasteiger partial charge < -0.3 is 5.11 Å². The van der Waals surface area contributed by atoms with Crippen molar-refractivity contribution in [3.05, 3.63) is 59.2 Å². The van der Waals surface area contributed by atoms with E-state index in [9.17, 15) is 4.79 Å². The first-order valence-corrected chi connectivity index (χ1v) is 6.82. The van der Waals surface area contributed by atoms with Crippen molar-refractivity contribution in [2.75, 3.05) is 0 Å². The summed E-state index contributed by atoms with van der Waals surface area (Å²) in [4.78, 5) is 20.0. The molecule has 0 spiro atoms. The quantitative estimate of drug-likeness (QED) is 0.926. The summed E-state index contributed by atoms with van der Waals surface area (Å²) in [5, 5.41) is 9.14. The van der Waals surface area contributed by atoms with E-state index in [2.05, 4.69) is 22.1 Å². The van der Waals surface area contributed by atoms with Crippen LogP contribution >= 0.6 is 0 Å². The lowest BCUT2D eigenvalue weighted by Crippen LogP contribution is -2.16. The molecule has 102 valence electrons. The number of aromatic carboxylic acids is 1. The molecule has 1 aliphatic carbocycles. The van der Waals surface area contributed by atoms with Crippen LogP contribution in [-0.4, -0.2) is 21.0 Å². The average molecular weight is 268 g/mol. The number of hydrogen-bond donors (Lipinski definition) is 1. The number of rotatable bonds is 4. The third-order valence-corrected chi connectivity index (χ3v) is 3.94. The van der Waals surface area contributed by atoms with Gasteiger partial charge in [-0.15, -0.1) is 0 Å². The van der Waals surface area contributed by atoms with Gasteiger partial charge in [-0.05, 0) is 24.8 Å². The summed E-state index contributed by atoms with van der Waals surface area (Å²) < 4.78 is 0. The minimum Gasteiger partial charge on any atom is -0.478 e. The number of hydrogen-bond acceptors (Lipinski definition) is 3. The van der Waals surface area contributed by atoms with E-state index in [-0.39, 0.29) is 11.0 Å². The molecule has 4 nitrogen and oxygen atoms in total. The van der Waals surface area contributed by atoms with Crippen LogP contribution in [0.5, 0.6) is 0 Å². The molecule has 4 heteroatoms. The molecule has 1 saturated carbocycles. The van der Waals surface area contributed by atoms with Crippen molar-refractivity contribution in [2.24, 2.45) is 0 Å².